The number of nitrogens with one attached hydrogen (secondary N) is 2. The average molecular weight is 323 g/mol. The molecule has 116 valence electrons. The predicted molar refractivity (Wildman–Crippen MR) is 94.6 cm³/mol. The van der Waals surface area contributed by atoms with Gasteiger partial charge in [-0.1, -0.05) is 42.5 Å². The molecule has 3 rings (SSSR count). The third-order valence-corrected chi connectivity index (χ3v) is 4.31. The normalized spacial score (nSPS) is 10.3. The van der Waals surface area contributed by atoms with Crippen molar-refractivity contribution in [1.82, 2.24) is 10.3 Å². The van der Waals surface area contributed by atoms with Crippen molar-refractivity contribution in [1.29, 1.82) is 0 Å². The molecule has 2 amide bonds. The number of carbonyl (C=O) groups is 1. The van der Waals surface area contributed by atoms with Crippen LogP contribution in [0.15, 0.2) is 60.0 Å². The van der Waals surface area contributed by atoms with E-state index in [0.29, 0.717) is 6.54 Å². The minimum absolute atomic E-state index is 0.235. The molecule has 0 saturated heterocycles. The fourth-order valence-corrected chi connectivity index (χ4v) is 3.10. The Balaban J connectivity index is 1.59. The van der Waals surface area contributed by atoms with Crippen molar-refractivity contribution in [3.8, 4) is 10.6 Å². The molecule has 0 saturated carbocycles. The maximum absolute atomic E-state index is 11.9. The molecule has 23 heavy (non-hydrogen) atoms. The first-order valence-corrected chi connectivity index (χ1v) is 8.20. The molecule has 1 heterocycles. The third-order valence-electron chi connectivity index (χ3n) is 3.39. The zero-order valence-electron chi connectivity index (χ0n) is 12.7. The summed E-state index contributed by atoms with van der Waals surface area (Å²) in [5.74, 6) is 0. The van der Waals surface area contributed by atoms with Gasteiger partial charge in [0.15, 0.2) is 0 Å². The molecule has 4 nitrogen and oxygen atoms in total. The number of rotatable bonds is 4. The van der Waals surface area contributed by atoms with Gasteiger partial charge in [-0.15, -0.1) is 11.3 Å². The van der Waals surface area contributed by atoms with E-state index in [0.717, 1.165) is 22.0 Å². The molecule has 5 heteroatoms. The highest BCUT2D eigenvalue weighted by molar-refractivity contribution is 7.13. The second-order valence-electron chi connectivity index (χ2n) is 5.13. The summed E-state index contributed by atoms with van der Waals surface area (Å²) in [4.78, 5) is 16.5. The monoisotopic (exact) mass is 323 g/mol. The van der Waals surface area contributed by atoms with Crippen molar-refractivity contribution in [2.24, 2.45) is 0 Å². The highest BCUT2D eigenvalue weighted by Crippen LogP contribution is 2.26. The third kappa shape index (κ3) is 3.96. The summed E-state index contributed by atoms with van der Waals surface area (Å²) in [7, 11) is 0. The molecule has 0 spiro atoms. The fraction of sp³-hybridized carbons (Fsp3) is 0.111. The zero-order valence-corrected chi connectivity index (χ0v) is 13.6. The summed E-state index contributed by atoms with van der Waals surface area (Å²) in [5.41, 5.74) is 3.96. The Morgan fingerprint density at radius 1 is 1.09 bits per heavy atom. The van der Waals surface area contributed by atoms with Gasteiger partial charge in [0.1, 0.15) is 5.01 Å². The van der Waals surface area contributed by atoms with E-state index in [1.807, 2.05) is 47.8 Å². The number of amides is 2. The molecule has 0 fully saturated rings. The van der Waals surface area contributed by atoms with Crippen LogP contribution in [0, 0.1) is 6.92 Å². The molecule has 0 unspecified atom stereocenters. The molecular formula is C18H17N3OS. The number of aryl methyl sites for hydroxylation is 1. The van der Waals surface area contributed by atoms with E-state index in [1.165, 1.54) is 5.56 Å². The van der Waals surface area contributed by atoms with Crippen molar-refractivity contribution in [3.63, 3.8) is 0 Å². The maximum atomic E-state index is 11.9. The van der Waals surface area contributed by atoms with Crippen molar-refractivity contribution in [3.05, 3.63) is 71.2 Å². The van der Waals surface area contributed by atoms with Crippen LogP contribution < -0.4 is 10.6 Å². The highest BCUT2D eigenvalue weighted by Gasteiger charge is 2.08. The van der Waals surface area contributed by atoms with Crippen LogP contribution in [-0.2, 0) is 6.54 Å². The smallest absolute Gasteiger partial charge is 0.319 e. The van der Waals surface area contributed by atoms with E-state index in [2.05, 4.69) is 34.7 Å². The second kappa shape index (κ2) is 7.07. The Kier molecular flexibility index (Phi) is 4.68. The van der Waals surface area contributed by atoms with Crippen molar-refractivity contribution in [2.45, 2.75) is 13.5 Å². The van der Waals surface area contributed by atoms with Gasteiger partial charge >= 0.3 is 6.03 Å². The van der Waals surface area contributed by atoms with E-state index < -0.39 is 0 Å². The van der Waals surface area contributed by atoms with Crippen LogP contribution >= 0.6 is 11.3 Å². The highest BCUT2D eigenvalue weighted by atomic mass is 32.1. The van der Waals surface area contributed by atoms with Crippen LogP contribution in [0.5, 0.6) is 0 Å². The average Bonchev–Trinajstić information content (AvgIpc) is 3.03. The number of para-hydroxylation sites is 1. The molecule has 0 radical (unpaired) electrons. The molecule has 0 bridgehead atoms. The molecule has 0 atom stereocenters. The molecule has 0 aliphatic rings. The predicted octanol–water partition coefficient (Wildman–Crippen LogP) is 4.44. The molecule has 0 aliphatic carbocycles. The summed E-state index contributed by atoms with van der Waals surface area (Å²) >= 11 is 1.59. The summed E-state index contributed by atoms with van der Waals surface area (Å²) in [6.45, 7) is 2.48. The number of hydrogen-bond acceptors (Lipinski definition) is 3. The zero-order chi connectivity index (χ0) is 16.1. The van der Waals surface area contributed by atoms with Gasteiger partial charge in [-0.2, -0.15) is 0 Å². The Hall–Kier alpha value is -2.66. The summed E-state index contributed by atoms with van der Waals surface area (Å²) in [6, 6.07) is 17.3. The molecule has 1 aromatic heterocycles. The van der Waals surface area contributed by atoms with Crippen molar-refractivity contribution < 1.29 is 4.79 Å². The van der Waals surface area contributed by atoms with Gasteiger partial charge in [0.05, 0.1) is 12.2 Å². The summed E-state index contributed by atoms with van der Waals surface area (Å²) in [5, 5.41) is 8.56. The Morgan fingerprint density at radius 2 is 1.83 bits per heavy atom. The Bertz CT molecular complexity index is 799. The van der Waals surface area contributed by atoms with Gasteiger partial charge in [0.25, 0.3) is 0 Å². The molecule has 2 N–H and O–H groups in total. The first-order valence-electron chi connectivity index (χ1n) is 7.32. The number of benzene rings is 2. The SMILES string of the molecule is Cc1ccccc1-c1nc(CNC(=O)Nc2ccccc2)cs1. The topological polar surface area (TPSA) is 54.0 Å². The largest absolute Gasteiger partial charge is 0.332 e. The number of nitrogens with zero attached hydrogens (tertiary/aromatic N) is 1. The van der Waals surface area contributed by atoms with E-state index in [4.69, 9.17) is 0 Å². The van der Waals surface area contributed by atoms with Crippen LogP contribution in [0.25, 0.3) is 10.6 Å². The Labute approximate surface area is 139 Å². The number of hydrogen-bond donors (Lipinski definition) is 2. The fourth-order valence-electron chi connectivity index (χ4n) is 2.19. The van der Waals surface area contributed by atoms with Crippen molar-refractivity contribution in [2.75, 3.05) is 5.32 Å². The minimum Gasteiger partial charge on any atom is -0.332 e. The first-order chi connectivity index (χ1) is 11.2. The minimum atomic E-state index is -0.235. The molecule has 0 aliphatic heterocycles. The van der Waals surface area contributed by atoms with Gasteiger partial charge in [-0.3, -0.25) is 0 Å². The first kappa shape index (κ1) is 15.2. The number of anilines is 1. The van der Waals surface area contributed by atoms with Gasteiger partial charge < -0.3 is 10.6 Å². The Morgan fingerprint density at radius 3 is 2.61 bits per heavy atom. The number of carbonyl (C=O) groups excluding carboxylic acids is 1. The number of thiazole rings is 1. The van der Waals surface area contributed by atoms with Gasteiger partial charge in [0.2, 0.25) is 0 Å². The van der Waals surface area contributed by atoms with Crippen LogP contribution in [0.1, 0.15) is 11.3 Å². The van der Waals surface area contributed by atoms with Gasteiger partial charge in [0, 0.05) is 16.6 Å². The van der Waals surface area contributed by atoms with Crippen LogP contribution in [-0.4, -0.2) is 11.0 Å². The van der Waals surface area contributed by atoms with Gasteiger partial charge in [-0.25, -0.2) is 9.78 Å². The molecule has 2 aromatic carbocycles. The lowest BCUT2D eigenvalue weighted by Crippen LogP contribution is -2.28. The van der Waals surface area contributed by atoms with E-state index in [9.17, 15) is 4.79 Å². The van der Waals surface area contributed by atoms with Gasteiger partial charge in [-0.05, 0) is 24.6 Å². The summed E-state index contributed by atoms with van der Waals surface area (Å²) < 4.78 is 0. The van der Waals surface area contributed by atoms with Crippen LogP contribution in [0.3, 0.4) is 0 Å². The number of urea groups is 1. The van der Waals surface area contributed by atoms with Crippen LogP contribution in [0.4, 0.5) is 10.5 Å². The van der Waals surface area contributed by atoms with Crippen molar-refractivity contribution >= 4 is 23.1 Å². The molecule has 3 aromatic rings. The van der Waals surface area contributed by atoms with E-state index >= 15 is 0 Å². The lowest BCUT2D eigenvalue weighted by atomic mass is 10.1. The van der Waals surface area contributed by atoms with Crippen LogP contribution in [0.2, 0.25) is 0 Å². The quantitative estimate of drug-likeness (QED) is 0.746. The standard InChI is InChI=1S/C18H17N3OS/c1-13-7-5-6-10-16(13)17-20-15(12-23-17)11-19-18(22)21-14-8-3-2-4-9-14/h2-10,12H,11H2,1H3,(H2,19,21,22). The summed E-state index contributed by atoms with van der Waals surface area (Å²) in [6.07, 6.45) is 0. The molecular weight excluding hydrogens is 306 g/mol. The van der Waals surface area contributed by atoms with E-state index in [-0.39, 0.29) is 6.03 Å². The second-order valence-corrected chi connectivity index (χ2v) is 5.99. The maximum Gasteiger partial charge on any atom is 0.319 e. The van der Waals surface area contributed by atoms with E-state index in [1.54, 1.807) is 11.3 Å². The lowest BCUT2D eigenvalue weighted by Gasteiger charge is -2.06. The number of aromatic nitrogens is 1. The lowest BCUT2D eigenvalue weighted by molar-refractivity contribution is 0.251.